The SMILES string of the molecule is CC(=O)O.CCCCn1c2c(cc(C(=O)O)c1=O)CCCC2.CCCCn1c2c(cc(N)c1=O)CCCC2.CCCCn1c2c(cc(NC(=O)NCc3ccccc3)c1=O)CCCC2.CCCCn1c2c(cc(NC(=O)OCc3ccccc3)c1=O)CCCC2.CCCCn1c2c(cc(NC(=O)c3ccccc3)c1=O)CCCC2.CCN(CC)CC.CO.[CH3-].[Pd]. The van der Waals surface area contributed by atoms with E-state index in [-0.39, 0.29) is 79.8 Å². The number of carboxylic acid groups (broad SMARTS) is 2. The predicted molar refractivity (Wildman–Crippen MR) is 501 cm³/mol. The number of nitrogens with two attached hydrogens (primary N) is 1. The molecule has 13 rings (SSSR count). The van der Waals surface area contributed by atoms with E-state index in [0.717, 1.165) is 253 Å². The number of unbranched alkanes of at least 4 members (excludes halogenated alkanes) is 5. The molecule has 688 valence electrons. The summed E-state index contributed by atoms with van der Waals surface area (Å²) < 4.78 is 14.5. The van der Waals surface area contributed by atoms with Crippen LogP contribution in [0.15, 0.2) is 145 Å². The molecule has 5 aliphatic carbocycles. The van der Waals surface area contributed by atoms with Crippen LogP contribution in [-0.4, -0.2) is 99.8 Å². The Morgan fingerprint density at radius 3 is 1.06 bits per heavy atom. The third-order valence-electron chi connectivity index (χ3n) is 22.6. The number of rotatable bonds is 27. The Labute approximate surface area is 754 Å². The first-order valence-electron chi connectivity index (χ1n) is 45.1. The molecular weight excluding hydrogens is 1670 g/mol. The van der Waals surface area contributed by atoms with Gasteiger partial charge in [0.05, 0.1) is 5.69 Å². The van der Waals surface area contributed by atoms with E-state index < -0.39 is 18.0 Å². The van der Waals surface area contributed by atoms with Crippen LogP contribution in [0.5, 0.6) is 0 Å². The zero-order valence-corrected chi connectivity index (χ0v) is 77.8. The van der Waals surface area contributed by atoms with Crippen molar-refractivity contribution in [2.45, 2.75) is 301 Å². The second kappa shape index (κ2) is 58.8. The number of aliphatic carboxylic acids is 1. The first kappa shape index (κ1) is 107. The molecule has 0 aliphatic heterocycles. The van der Waals surface area contributed by atoms with Gasteiger partial charge in [-0.05, 0) is 262 Å². The summed E-state index contributed by atoms with van der Waals surface area (Å²) in [7, 11) is 1.00. The number of hydrogen-bond acceptors (Lipinski definition) is 14. The van der Waals surface area contributed by atoms with Crippen molar-refractivity contribution in [1.82, 2.24) is 33.1 Å². The van der Waals surface area contributed by atoms with Crippen molar-refractivity contribution in [3.63, 3.8) is 0 Å². The van der Waals surface area contributed by atoms with E-state index in [1.807, 2.05) is 121 Å². The van der Waals surface area contributed by atoms with E-state index in [4.69, 9.17) is 30.6 Å². The van der Waals surface area contributed by atoms with Crippen LogP contribution >= 0.6 is 0 Å². The topological polar surface area (TPSA) is 343 Å². The molecule has 125 heavy (non-hydrogen) atoms. The number of carbonyl (C=O) groups excluding carboxylic acids is 3. The van der Waals surface area contributed by atoms with E-state index in [9.17, 15) is 43.2 Å². The minimum Gasteiger partial charge on any atom is -0.481 e. The van der Waals surface area contributed by atoms with Crippen molar-refractivity contribution in [2.75, 3.05) is 48.4 Å². The summed E-state index contributed by atoms with van der Waals surface area (Å²) in [5.41, 5.74) is 20.8. The number of aliphatic hydroxyl groups excluding tert-OH is 1. The minimum atomic E-state index is -1.11. The Hall–Kier alpha value is -10.3. The van der Waals surface area contributed by atoms with Gasteiger partial charge in [-0.1, -0.05) is 166 Å². The molecule has 0 saturated carbocycles. The zero-order valence-electron chi connectivity index (χ0n) is 76.2. The summed E-state index contributed by atoms with van der Waals surface area (Å²) in [6.45, 7) is 26.0. The van der Waals surface area contributed by atoms with Gasteiger partial charge in [-0.15, -0.1) is 0 Å². The Balaban J connectivity index is 0.000000318. The van der Waals surface area contributed by atoms with E-state index >= 15 is 0 Å². The zero-order chi connectivity index (χ0) is 89.6. The van der Waals surface area contributed by atoms with Gasteiger partial charge in [0.25, 0.3) is 39.7 Å². The molecule has 0 radical (unpaired) electrons. The van der Waals surface area contributed by atoms with E-state index in [1.165, 1.54) is 60.4 Å². The smallest absolute Gasteiger partial charge is 0.412 e. The third-order valence-corrected chi connectivity index (χ3v) is 22.6. The molecule has 5 aliphatic rings. The quantitative estimate of drug-likeness (QED) is 0.0175. The Kier molecular flexibility index (Phi) is 50.4. The fourth-order valence-electron chi connectivity index (χ4n) is 15.9. The number of amides is 4. The number of aliphatic hydroxyl groups is 1. The van der Waals surface area contributed by atoms with Crippen LogP contribution in [0.3, 0.4) is 0 Å². The number of carboxylic acids is 2. The molecule has 0 spiro atoms. The van der Waals surface area contributed by atoms with Gasteiger partial charge < -0.3 is 76.9 Å². The summed E-state index contributed by atoms with van der Waals surface area (Å²) in [5, 5.41) is 34.6. The number of anilines is 4. The average Bonchev–Trinajstić information content (AvgIpc) is 0.805. The van der Waals surface area contributed by atoms with Crippen molar-refractivity contribution in [2.24, 2.45) is 0 Å². The first-order valence-corrected chi connectivity index (χ1v) is 45.1. The van der Waals surface area contributed by atoms with Gasteiger partial charge in [0.15, 0.2) is 0 Å². The molecule has 26 heteroatoms. The van der Waals surface area contributed by atoms with Crippen LogP contribution in [0.1, 0.15) is 279 Å². The average molecular weight is 1820 g/mol. The predicted octanol–water partition coefficient (Wildman–Crippen LogP) is 17.7. The van der Waals surface area contributed by atoms with Gasteiger partial charge in [0.1, 0.15) is 29.2 Å². The van der Waals surface area contributed by atoms with Crippen molar-refractivity contribution < 1.29 is 64.5 Å². The molecule has 5 aromatic heterocycles. The largest absolute Gasteiger partial charge is 0.481 e. The Morgan fingerprint density at radius 2 is 0.712 bits per heavy atom. The number of pyridine rings is 5. The number of carbonyl (C=O) groups is 5. The molecule has 8 aromatic rings. The van der Waals surface area contributed by atoms with Gasteiger partial charge in [-0.3, -0.25) is 38.9 Å². The maximum Gasteiger partial charge on any atom is 0.412 e. The molecule has 0 fully saturated rings. The molecule has 0 saturated heterocycles. The molecule has 0 bridgehead atoms. The van der Waals surface area contributed by atoms with Crippen LogP contribution < -0.4 is 54.8 Å². The molecule has 0 atom stereocenters. The number of benzene rings is 3. The number of aryl methyl sites for hydroxylation is 5. The summed E-state index contributed by atoms with van der Waals surface area (Å²) in [5.74, 6) is -2.18. The Morgan fingerprint density at radius 1 is 0.408 bits per heavy atom. The van der Waals surface area contributed by atoms with Gasteiger partial charge in [-0.2, -0.15) is 0 Å². The molecule has 3 aromatic carbocycles. The summed E-state index contributed by atoms with van der Waals surface area (Å²) >= 11 is 0. The molecule has 0 unspecified atom stereocenters. The number of hydrogen-bond donors (Lipinski definition) is 8. The fourth-order valence-corrected chi connectivity index (χ4v) is 15.9. The van der Waals surface area contributed by atoms with Gasteiger partial charge in [-0.25, -0.2) is 14.4 Å². The van der Waals surface area contributed by atoms with Crippen LogP contribution in [0.4, 0.5) is 32.3 Å². The normalized spacial score (nSPS) is 12.8. The molecule has 4 amide bonds. The van der Waals surface area contributed by atoms with Crippen molar-refractivity contribution in [1.29, 1.82) is 0 Å². The van der Waals surface area contributed by atoms with E-state index in [0.29, 0.717) is 47.9 Å². The van der Waals surface area contributed by atoms with Crippen LogP contribution in [0.2, 0.25) is 0 Å². The fraction of sp³-hybridized carbons (Fsp3) is 0.505. The number of nitrogens with one attached hydrogen (secondary N) is 4. The number of aromatic carboxylic acids is 1. The number of ether oxygens (including phenoxy) is 1. The number of aromatic nitrogens is 5. The number of nitrogen functional groups attached to an aromatic ring is 1. The van der Waals surface area contributed by atoms with Gasteiger partial charge in [0, 0.05) is 108 Å². The monoisotopic (exact) mass is 1810 g/mol. The number of fused-ring (bicyclic) bond motifs is 5. The minimum absolute atomic E-state index is 0. The maximum absolute atomic E-state index is 12.9. The second-order valence-corrected chi connectivity index (χ2v) is 31.5. The molecule has 25 nitrogen and oxygen atoms in total. The van der Waals surface area contributed by atoms with Crippen molar-refractivity contribution in [3.8, 4) is 0 Å². The number of nitrogens with zero attached hydrogens (tertiary/aromatic N) is 6. The van der Waals surface area contributed by atoms with Crippen LogP contribution in [0, 0.1) is 7.43 Å². The van der Waals surface area contributed by atoms with Gasteiger partial charge >= 0.3 is 18.1 Å². The van der Waals surface area contributed by atoms with E-state index in [1.54, 1.807) is 22.8 Å². The molecule has 5 heterocycles. The summed E-state index contributed by atoms with van der Waals surface area (Å²) in [6.07, 6.45) is 30.5. The maximum atomic E-state index is 12.9. The standard InChI is InChI=1S/C21H27N3O2.C21H26N2O3.C20H24N2O2.C14H19NO3.C13H20N2O.C6H15N.C2H4O2.CH4O.CH3.Pd/c1-2-3-13-24-19-12-8-7-11-17(19)14-18(20(24)25)23-21(26)22-15-16-9-5-4-6-10-16;1-2-3-13-23-19-12-8-7-11-17(19)14-18(20(23)24)22-21(25)26-15-16-9-5-4-6-10-16;1-2-3-13-22-18-12-8-7-11-16(18)14-17(20(22)24)21-19(23)15-9-5-4-6-10-15;1-2-3-8-15-12-7-5-4-6-10(12)9-11(13(15)16)14(17)18;1-2-3-8-15-12-7-5-4-6-10(12)9-11(14)13(15)16;1-4-7(5-2)6-3;1-2(3)4;1-2;;/h4-6,9-10,14H,2-3,7-8,11-13,15H2,1H3,(H2,22,23,26);4-6,9-10,14H,2-3,7-8,11-13,15H2,1H3,(H,22,25);4-6,9-10,14H,2-3,7-8,11-13H2,1H3,(H,21,23);9H,2-8H2,1H3,(H,17,18);9H,2-8,14H2,1H3;4-6H2,1-3H3;1H3,(H,3,4);2H,1H3;1H3;/q;;;;;;;;-1;. The van der Waals surface area contributed by atoms with E-state index in [2.05, 4.69) is 81.6 Å². The summed E-state index contributed by atoms with van der Waals surface area (Å²) in [6, 6.07) is 37.0. The van der Waals surface area contributed by atoms with Crippen LogP contribution in [0.25, 0.3) is 0 Å². The van der Waals surface area contributed by atoms with Crippen LogP contribution in [-0.2, 0) is 140 Å². The number of urea groups is 1. The second-order valence-electron chi connectivity index (χ2n) is 31.5. The van der Waals surface area contributed by atoms with Gasteiger partial charge in [0.2, 0.25) is 0 Å². The van der Waals surface area contributed by atoms with Crippen molar-refractivity contribution >= 4 is 52.7 Å². The third kappa shape index (κ3) is 33.9. The van der Waals surface area contributed by atoms with Crippen molar-refractivity contribution in [3.05, 3.63) is 259 Å². The molecular formula is C99H142N11O14Pd-. The Bertz CT molecular complexity index is 4810. The first-order chi connectivity index (χ1) is 59.5. The summed E-state index contributed by atoms with van der Waals surface area (Å²) in [4.78, 5) is 122. The molecule has 9 N–H and O–H groups in total.